The summed E-state index contributed by atoms with van der Waals surface area (Å²) in [4.78, 5) is 0. The highest BCUT2D eigenvalue weighted by atomic mass is 35.5. The van der Waals surface area contributed by atoms with Gasteiger partial charge in [-0.15, -0.1) is 0 Å². The Hall–Kier alpha value is -1.04. The lowest BCUT2D eigenvalue weighted by atomic mass is 10.0. The van der Waals surface area contributed by atoms with Crippen LogP contribution in [0.4, 0.5) is 0 Å². The highest BCUT2D eigenvalue weighted by Crippen LogP contribution is 2.27. The second-order valence-corrected chi connectivity index (χ2v) is 5.15. The van der Waals surface area contributed by atoms with Crippen molar-refractivity contribution in [2.75, 3.05) is 0 Å². The van der Waals surface area contributed by atoms with E-state index in [1.54, 1.807) is 0 Å². The molecule has 2 unspecified atom stereocenters. The molecule has 17 heavy (non-hydrogen) atoms. The summed E-state index contributed by atoms with van der Waals surface area (Å²) in [5.74, 6) is 0.171. The molecule has 0 aliphatic heterocycles. The Morgan fingerprint density at radius 1 is 1.35 bits per heavy atom. The van der Waals surface area contributed by atoms with E-state index in [0.29, 0.717) is 6.04 Å². The van der Waals surface area contributed by atoms with Crippen molar-refractivity contribution in [3.05, 3.63) is 34.9 Å². The predicted octanol–water partition coefficient (Wildman–Crippen LogP) is 3.68. The third kappa shape index (κ3) is 3.00. The van der Waals surface area contributed by atoms with Crippen molar-refractivity contribution in [3.8, 4) is 6.07 Å². The van der Waals surface area contributed by atoms with Crippen molar-refractivity contribution in [1.29, 1.82) is 5.26 Å². The summed E-state index contributed by atoms with van der Waals surface area (Å²) in [6, 6.07) is 10.9. The summed E-state index contributed by atoms with van der Waals surface area (Å²) in [7, 11) is 0. The molecule has 3 atom stereocenters. The number of hydrogen-bond donors (Lipinski definition) is 1. The van der Waals surface area contributed by atoms with Crippen LogP contribution < -0.4 is 5.32 Å². The third-order valence-electron chi connectivity index (χ3n) is 3.52. The van der Waals surface area contributed by atoms with Crippen molar-refractivity contribution >= 4 is 11.6 Å². The molecule has 1 aliphatic carbocycles. The smallest absolute Gasteiger partial charge is 0.0672 e. The van der Waals surface area contributed by atoms with E-state index in [9.17, 15) is 0 Å². The number of nitrogens with one attached hydrogen (secondary N) is 1. The molecule has 0 saturated heterocycles. The van der Waals surface area contributed by atoms with Gasteiger partial charge >= 0.3 is 0 Å². The summed E-state index contributed by atoms with van der Waals surface area (Å²) in [6.45, 7) is 2.13. The van der Waals surface area contributed by atoms with Gasteiger partial charge in [-0.3, -0.25) is 0 Å². The van der Waals surface area contributed by atoms with Gasteiger partial charge in [-0.1, -0.05) is 30.2 Å². The number of halogens is 1. The van der Waals surface area contributed by atoms with Crippen LogP contribution in [0.5, 0.6) is 0 Å². The summed E-state index contributed by atoms with van der Waals surface area (Å²) >= 11 is 5.87. The van der Waals surface area contributed by atoms with Gasteiger partial charge in [-0.2, -0.15) is 5.26 Å². The second kappa shape index (κ2) is 5.53. The first-order valence-electron chi connectivity index (χ1n) is 6.12. The molecule has 1 saturated carbocycles. The van der Waals surface area contributed by atoms with Crippen LogP contribution in [0.15, 0.2) is 24.3 Å². The summed E-state index contributed by atoms with van der Waals surface area (Å²) < 4.78 is 0. The quantitative estimate of drug-likeness (QED) is 0.886. The van der Waals surface area contributed by atoms with E-state index in [-0.39, 0.29) is 12.0 Å². The zero-order valence-corrected chi connectivity index (χ0v) is 10.7. The molecule has 0 radical (unpaired) electrons. The van der Waals surface area contributed by atoms with E-state index in [0.717, 1.165) is 24.3 Å². The average molecular weight is 249 g/mol. The number of nitrogens with zero attached hydrogens (tertiary/aromatic N) is 1. The lowest BCUT2D eigenvalue weighted by molar-refractivity contribution is 0.417. The normalized spacial score (nSPS) is 25.5. The van der Waals surface area contributed by atoms with E-state index in [1.165, 1.54) is 5.56 Å². The summed E-state index contributed by atoms with van der Waals surface area (Å²) in [6.07, 6.45) is 3.29. The van der Waals surface area contributed by atoms with Gasteiger partial charge in [0.2, 0.25) is 0 Å². The second-order valence-electron chi connectivity index (χ2n) is 4.71. The molecule has 2 nitrogen and oxygen atoms in total. The lowest BCUT2D eigenvalue weighted by Gasteiger charge is -2.22. The molecule has 1 N–H and O–H groups in total. The zero-order valence-electron chi connectivity index (χ0n) is 9.99. The van der Waals surface area contributed by atoms with Crippen LogP contribution in [-0.2, 0) is 0 Å². The Bertz CT molecular complexity index is 407. The van der Waals surface area contributed by atoms with Gasteiger partial charge in [0, 0.05) is 17.1 Å². The van der Waals surface area contributed by atoms with E-state index >= 15 is 0 Å². The number of nitriles is 1. The largest absolute Gasteiger partial charge is 0.306 e. The average Bonchev–Trinajstić information content (AvgIpc) is 2.77. The first kappa shape index (κ1) is 12.4. The van der Waals surface area contributed by atoms with Crippen LogP contribution in [0.3, 0.4) is 0 Å². The van der Waals surface area contributed by atoms with Gasteiger partial charge in [-0.25, -0.2) is 0 Å². The lowest BCUT2D eigenvalue weighted by Crippen LogP contribution is -2.33. The highest BCUT2D eigenvalue weighted by molar-refractivity contribution is 6.30. The molecule has 1 fully saturated rings. The first-order valence-corrected chi connectivity index (χ1v) is 6.49. The standard InChI is InChI=1S/C14H17ClN2/c1-10(11-5-7-13(15)8-6-11)17-14-4-2-3-12(14)9-16/h5-8,10,12,14,17H,2-4H2,1H3/t10-,12?,14?/m0/s1. The Kier molecular flexibility index (Phi) is 4.04. The van der Waals surface area contributed by atoms with E-state index in [1.807, 2.05) is 24.3 Å². The number of benzene rings is 1. The molecule has 1 aromatic rings. The maximum Gasteiger partial charge on any atom is 0.0672 e. The maximum atomic E-state index is 9.05. The minimum atomic E-state index is 0.171. The molecule has 0 amide bonds. The van der Waals surface area contributed by atoms with Crippen LogP contribution in [0, 0.1) is 17.2 Å². The molecule has 3 heteroatoms. The van der Waals surface area contributed by atoms with E-state index in [4.69, 9.17) is 16.9 Å². The van der Waals surface area contributed by atoms with E-state index < -0.39 is 0 Å². The van der Waals surface area contributed by atoms with Crippen LogP contribution >= 0.6 is 11.6 Å². The first-order chi connectivity index (χ1) is 8.20. The predicted molar refractivity (Wildman–Crippen MR) is 69.7 cm³/mol. The molecule has 1 aliphatic rings. The van der Waals surface area contributed by atoms with E-state index in [2.05, 4.69) is 18.3 Å². The van der Waals surface area contributed by atoms with Gasteiger partial charge in [0.15, 0.2) is 0 Å². The number of hydrogen-bond acceptors (Lipinski definition) is 2. The molecule has 90 valence electrons. The minimum absolute atomic E-state index is 0.171. The fourth-order valence-corrected chi connectivity index (χ4v) is 2.61. The van der Waals surface area contributed by atoms with Crippen molar-refractivity contribution in [3.63, 3.8) is 0 Å². The fourth-order valence-electron chi connectivity index (χ4n) is 2.48. The summed E-state index contributed by atoms with van der Waals surface area (Å²) in [5, 5.41) is 13.4. The van der Waals surface area contributed by atoms with Crippen LogP contribution in [0.1, 0.15) is 37.8 Å². The van der Waals surface area contributed by atoms with Crippen molar-refractivity contribution in [2.24, 2.45) is 5.92 Å². The molecule has 1 aromatic carbocycles. The molecular formula is C14H17ClN2. The Morgan fingerprint density at radius 3 is 2.71 bits per heavy atom. The van der Waals surface area contributed by atoms with Crippen molar-refractivity contribution < 1.29 is 0 Å². The molecular weight excluding hydrogens is 232 g/mol. The molecule has 0 heterocycles. The molecule has 0 spiro atoms. The third-order valence-corrected chi connectivity index (χ3v) is 3.77. The molecule has 2 rings (SSSR count). The maximum absolute atomic E-state index is 9.05. The van der Waals surface area contributed by atoms with Gasteiger partial charge < -0.3 is 5.32 Å². The van der Waals surface area contributed by atoms with Crippen LogP contribution in [0.25, 0.3) is 0 Å². The minimum Gasteiger partial charge on any atom is -0.306 e. The van der Waals surface area contributed by atoms with Gasteiger partial charge in [0.05, 0.1) is 12.0 Å². The Morgan fingerprint density at radius 2 is 2.06 bits per heavy atom. The highest BCUT2D eigenvalue weighted by Gasteiger charge is 2.28. The Balaban J connectivity index is 1.99. The molecule has 0 bridgehead atoms. The van der Waals surface area contributed by atoms with Crippen LogP contribution in [-0.4, -0.2) is 6.04 Å². The molecule has 0 aromatic heterocycles. The van der Waals surface area contributed by atoms with Gasteiger partial charge in [0.1, 0.15) is 0 Å². The zero-order chi connectivity index (χ0) is 12.3. The monoisotopic (exact) mass is 248 g/mol. The summed E-state index contributed by atoms with van der Waals surface area (Å²) in [5.41, 5.74) is 1.22. The Labute approximate surface area is 108 Å². The van der Waals surface area contributed by atoms with Gasteiger partial charge in [-0.05, 0) is 37.5 Å². The van der Waals surface area contributed by atoms with Gasteiger partial charge in [0.25, 0.3) is 0 Å². The fraction of sp³-hybridized carbons (Fsp3) is 0.500. The SMILES string of the molecule is C[C@H](NC1CCCC1C#N)c1ccc(Cl)cc1. The van der Waals surface area contributed by atoms with Crippen molar-refractivity contribution in [2.45, 2.75) is 38.3 Å². The van der Waals surface area contributed by atoms with Crippen molar-refractivity contribution in [1.82, 2.24) is 5.32 Å². The van der Waals surface area contributed by atoms with Crippen LogP contribution in [0.2, 0.25) is 5.02 Å². The number of rotatable bonds is 3. The topological polar surface area (TPSA) is 35.8 Å².